The Morgan fingerprint density at radius 1 is 1.24 bits per heavy atom. The fourth-order valence-electron chi connectivity index (χ4n) is 1.05. The number of hydrogen-bond donors (Lipinski definition) is 3. The van der Waals surface area contributed by atoms with E-state index in [1.807, 2.05) is 13.8 Å². The predicted octanol–water partition coefficient (Wildman–Crippen LogP) is -1.96. The van der Waals surface area contributed by atoms with Crippen LogP contribution in [0.5, 0.6) is 0 Å². The van der Waals surface area contributed by atoms with Crippen LogP contribution in [0.3, 0.4) is 0 Å². The number of carbonyl (C=O) groups excluding carboxylic acids is 3. The Labute approximate surface area is 101 Å². The van der Waals surface area contributed by atoms with Crippen molar-refractivity contribution in [1.29, 1.82) is 0 Å². The zero-order chi connectivity index (χ0) is 13.4. The van der Waals surface area contributed by atoms with E-state index >= 15 is 0 Å². The molecule has 3 amide bonds. The highest BCUT2D eigenvalue weighted by Crippen LogP contribution is 1.85. The van der Waals surface area contributed by atoms with Crippen molar-refractivity contribution in [3.05, 3.63) is 0 Å². The summed E-state index contributed by atoms with van der Waals surface area (Å²) in [4.78, 5) is 34.9. The van der Waals surface area contributed by atoms with Gasteiger partial charge in [0.1, 0.15) is 0 Å². The number of carbonyl (C=O) groups is 3. The van der Waals surface area contributed by atoms with E-state index in [-0.39, 0.29) is 37.5 Å². The van der Waals surface area contributed by atoms with Crippen LogP contribution in [0.15, 0.2) is 0 Å². The monoisotopic (exact) mass is 244 g/mol. The van der Waals surface area contributed by atoms with Gasteiger partial charge in [-0.25, -0.2) is 0 Å². The lowest BCUT2D eigenvalue weighted by Gasteiger charge is -2.18. The zero-order valence-corrected chi connectivity index (χ0v) is 10.4. The summed E-state index contributed by atoms with van der Waals surface area (Å²) in [5, 5.41) is 5.00. The fourth-order valence-corrected chi connectivity index (χ4v) is 1.05. The fraction of sp³-hybridized carbons (Fsp3) is 0.700. The Morgan fingerprint density at radius 3 is 2.29 bits per heavy atom. The summed E-state index contributed by atoms with van der Waals surface area (Å²) < 4.78 is 0. The molecule has 0 rings (SSSR count). The van der Waals surface area contributed by atoms with Crippen molar-refractivity contribution in [3.8, 4) is 0 Å². The molecule has 0 saturated heterocycles. The van der Waals surface area contributed by atoms with Crippen LogP contribution in [-0.4, -0.2) is 55.3 Å². The molecule has 0 spiro atoms. The second kappa shape index (κ2) is 7.61. The third-order valence-corrected chi connectivity index (χ3v) is 1.88. The zero-order valence-electron chi connectivity index (χ0n) is 10.4. The van der Waals surface area contributed by atoms with Gasteiger partial charge in [-0.3, -0.25) is 14.4 Å². The van der Waals surface area contributed by atoms with Gasteiger partial charge < -0.3 is 21.3 Å². The van der Waals surface area contributed by atoms with Gasteiger partial charge in [-0.2, -0.15) is 0 Å². The van der Waals surface area contributed by atoms with Crippen molar-refractivity contribution in [1.82, 2.24) is 15.5 Å². The van der Waals surface area contributed by atoms with Gasteiger partial charge in [-0.15, -0.1) is 0 Å². The SMILES string of the molecule is CC(C)NC(=O)CN(C)C(=O)CNC(=O)CN. The normalized spacial score (nSPS) is 9.94. The topological polar surface area (TPSA) is 105 Å². The lowest BCUT2D eigenvalue weighted by molar-refractivity contribution is -0.135. The number of hydrogen-bond acceptors (Lipinski definition) is 4. The van der Waals surface area contributed by atoms with Crippen molar-refractivity contribution < 1.29 is 14.4 Å². The van der Waals surface area contributed by atoms with Gasteiger partial charge in [0.05, 0.1) is 19.6 Å². The molecule has 7 nitrogen and oxygen atoms in total. The molecule has 17 heavy (non-hydrogen) atoms. The molecule has 0 heterocycles. The minimum absolute atomic E-state index is 0.0305. The molecule has 98 valence electrons. The Balaban J connectivity index is 3.97. The molecule has 0 aromatic heterocycles. The molecular weight excluding hydrogens is 224 g/mol. The Kier molecular flexibility index (Phi) is 6.88. The number of likely N-dealkylation sites (N-methyl/N-ethyl adjacent to an activating group) is 1. The molecule has 0 aromatic carbocycles. The number of nitrogens with zero attached hydrogens (tertiary/aromatic N) is 1. The van der Waals surface area contributed by atoms with Crippen molar-refractivity contribution >= 4 is 17.7 Å². The summed E-state index contributed by atoms with van der Waals surface area (Å²) in [5.74, 6) is -0.981. The standard InChI is InChI=1S/C10H20N4O3/c1-7(2)13-9(16)6-14(3)10(17)5-12-8(15)4-11/h7H,4-6,11H2,1-3H3,(H,12,15)(H,13,16). The first kappa shape index (κ1) is 15.4. The first-order valence-electron chi connectivity index (χ1n) is 5.37. The van der Waals surface area contributed by atoms with Gasteiger partial charge in [-0.1, -0.05) is 0 Å². The molecule has 0 radical (unpaired) electrons. The highest BCUT2D eigenvalue weighted by molar-refractivity contribution is 5.88. The van der Waals surface area contributed by atoms with Crippen LogP contribution in [0.1, 0.15) is 13.8 Å². The highest BCUT2D eigenvalue weighted by atomic mass is 16.2. The van der Waals surface area contributed by atoms with E-state index in [0.717, 1.165) is 0 Å². The summed E-state index contributed by atoms with van der Waals surface area (Å²) in [5.41, 5.74) is 5.07. The summed E-state index contributed by atoms with van der Waals surface area (Å²) in [6, 6.07) is 0.0305. The highest BCUT2D eigenvalue weighted by Gasteiger charge is 2.13. The Morgan fingerprint density at radius 2 is 1.82 bits per heavy atom. The maximum atomic E-state index is 11.5. The van der Waals surface area contributed by atoms with Crippen molar-refractivity contribution in [2.45, 2.75) is 19.9 Å². The molecule has 0 aliphatic carbocycles. The maximum absolute atomic E-state index is 11.5. The minimum atomic E-state index is -0.404. The van der Waals surface area contributed by atoms with Gasteiger partial charge in [0.15, 0.2) is 0 Å². The second-order valence-electron chi connectivity index (χ2n) is 3.95. The van der Waals surface area contributed by atoms with E-state index < -0.39 is 5.91 Å². The van der Waals surface area contributed by atoms with Gasteiger partial charge in [0.2, 0.25) is 17.7 Å². The van der Waals surface area contributed by atoms with Gasteiger partial charge in [0, 0.05) is 13.1 Å². The number of nitrogens with one attached hydrogen (secondary N) is 2. The van der Waals surface area contributed by atoms with Crippen molar-refractivity contribution in [3.63, 3.8) is 0 Å². The molecule has 0 aromatic rings. The third-order valence-electron chi connectivity index (χ3n) is 1.88. The molecule has 0 fully saturated rings. The van der Waals surface area contributed by atoms with Crippen LogP contribution in [0.2, 0.25) is 0 Å². The molecule has 4 N–H and O–H groups in total. The lowest BCUT2D eigenvalue weighted by Crippen LogP contribution is -2.45. The molecule has 0 atom stereocenters. The molecular formula is C10H20N4O3. The van der Waals surface area contributed by atoms with E-state index in [1.54, 1.807) is 0 Å². The van der Waals surface area contributed by atoms with Crippen LogP contribution in [0.4, 0.5) is 0 Å². The summed E-state index contributed by atoms with van der Waals surface area (Å²) >= 11 is 0. The van der Waals surface area contributed by atoms with Gasteiger partial charge in [0.25, 0.3) is 0 Å². The van der Waals surface area contributed by atoms with E-state index in [2.05, 4.69) is 10.6 Å². The summed E-state index contributed by atoms with van der Waals surface area (Å²) in [6.07, 6.45) is 0. The Hall–Kier alpha value is -1.63. The number of amides is 3. The van der Waals surface area contributed by atoms with Crippen molar-refractivity contribution in [2.75, 3.05) is 26.7 Å². The molecule has 0 aliphatic rings. The van der Waals surface area contributed by atoms with Crippen LogP contribution in [-0.2, 0) is 14.4 Å². The first-order valence-corrected chi connectivity index (χ1v) is 5.37. The summed E-state index contributed by atoms with van der Waals surface area (Å²) in [6.45, 7) is 3.32. The lowest BCUT2D eigenvalue weighted by atomic mass is 10.3. The smallest absolute Gasteiger partial charge is 0.242 e. The van der Waals surface area contributed by atoms with Crippen molar-refractivity contribution in [2.24, 2.45) is 5.73 Å². The van der Waals surface area contributed by atoms with Gasteiger partial charge >= 0.3 is 0 Å². The molecule has 0 unspecified atom stereocenters. The van der Waals surface area contributed by atoms with Crippen LogP contribution >= 0.6 is 0 Å². The van der Waals surface area contributed by atoms with Crippen LogP contribution in [0, 0.1) is 0 Å². The van der Waals surface area contributed by atoms with E-state index in [9.17, 15) is 14.4 Å². The summed E-state index contributed by atoms with van der Waals surface area (Å²) in [7, 11) is 1.50. The average Bonchev–Trinajstić information content (AvgIpc) is 2.23. The number of rotatable bonds is 6. The second-order valence-corrected chi connectivity index (χ2v) is 3.95. The molecule has 0 saturated carbocycles. The first-order chi connectivity index (χ1) is 7.86. The quantitative estimate of drug-likeness (QED) is 0.505. The predicted molar refractivity (Wildman–Crippen MR) is 63.0 cm³/mol. The van der Waals surface area contributed by atoms with Crippen LogP contribution < -0.4 is 16.4 Å². The van der Waals surface area contributed by atoms with Crippen LogP contribution in [0.25, 0.3) is 0 Å². The van der Waals surface area contributed by atoms with E-state index in [4.69, 9.17) is 5.73 Å². The van der Waals surface area contributed by atoms with Gasteiger partial charge in [-0.05, 0) is 13.8 Å². The minimum Gasteiger partial charge on any atom is -0.352 e. The molecule has 0 bridgehead atoms. The molecule has 0 aliphatic heterocycles. The van der Waals surface area contributed by atoms with E-state index in [0.29, 0.717) is 0 Å². The third kappa shape index (κ3) is 7.29. The number of nitrogens with two attached hydrogens (primary N) is 1. The largest absolute Gasteiger partial charge is 0.352 e. The molecule has 7 heteroatoms. The Bertz CT molecular complexity index is 291. The maximum Gasteiger partial charge on any atom is 0.242 e. The van der Waals surface area contributed by atoms with E-state index in [1.165, 1.54) is 11.9 Å². The average molecular weight is 244 g/mol.